The molecule has 2 aromatic rings. The third-order valence-corrected chi connectivity index (χ3v) is 2.81. The zero-order valence-electron chi connectivity index (χ0n) is 9.40. The lowest BCUT2D eigenvalue weighted by molar-refractivity contribution is 0.107. The zero-order valence-corrected chi connectivity index (χ0v) is 10.2. The van der Waals surface area contributed by atoms with E-state index in [2.05, 4.69) is 0 Å². The van der Waals surface area contributed by atoms with E-state index in [-0.39, 0.29) is 0 Å². The number of nitrogen functional groups attached to an aromatic ring is 1. The number of ether oxygens (including phenoxy) is 1. The van der Waals surface area contributed by atoms with E-state index < -0.39 is 0 Å². The average molecular weight is 248 g/mol. The van der Waals surface area contributed by atoms with Crippen LogP contribution in [0.3, 0.4) is 0 Å². The van der Waals surface area contributed by atoms with Gasteiger partial charge in [0.05, 0.1) is 13.2 Å². The second-order valence-electron chi connectivity index (χ2n) is 3.83. The molecule has 2 aromatic carbocycles. The molecule has 0 saturated heterocycles. The van der Waals surface area contributed by atoms with E-state index in [1.807, 2.05) is 36.4 Å². The minimum absolute atomic E-state index is 0.471. The van der Waals surface area contributed by atoms with Gasteiger partial charge in [-0.2, -0.15) is 0 Å². The molecular weight excluding hydrogens is 234 g/mol. The summed E-state index contributed by atoms with van der Waals surface area (Å²) in [6, 6.07) is 15.4. The van der Waals surface area contributed by atoms with Gasteiger partial charge in [-0.05, 0) is 29.3 Å². The highest BCUT2D eigenvalue weighted by Gasteiger charge is 2.01. The molecule has 2 nitrogen and oxygen atoms in total. The molecule has 0 aliphatic carbocycles. The molecule has 17 heavy (non-hydrogen) atoms. The molecule has 0 aromatic heterocycles. The van der Waals surface area contributed by atoms with Gasteiger partial charge >= 0.3 is 0 Å². The lowest BCUT2D eigenvalue weighted by Crippen LogP contribution is -1.96. The molecule has 2 N–H and O–H groups in total. The van der Waals surface area contributed by atoms with E-state index in [1.54, 1.807) is 12.1 Å². The van der Waals surface area contributed by atoms with Crippen molar-refractivity contribution >= 4 is 17.3 Å². The van der Waals surface area contributed by atoms with Gasteiger partial charge in [0.25, 0.3) is 0 Å². The molecule has 88 valence electrons. The predicted octanol–water partition coefficient (Wildman–Crippen LogP) is 3.64. The minimum Gasteiger partial charge on any atom is -0.399 e. The fourth-order valence-electron chi connectivity index (χ4n) is 1.56. The molecule has 0 radical (unpaired) electrons. The van der Waals surface area contributed by atoms with Crippen LogP contribution >= 0.6 is 11.6 Å². The van der Waals surface area contributed by atoms with Crippen LogP contribution in [0.2, 0.25) is 5.02 Å². The van der Waals surface area contributed by atoms with Gasteiger partial charge in [-0.15, -0.1) is 0 Å². The van der Waals surface area contributed by atoms with Crippen molar-refractivity contribution in [3.8, 4) is 0 Å². The molecule has 0 spiro atoms. The van der Waals surface area contributed by atoms with Crippen LogP contribution in [0, 0.1) is 0 Å². The van der Waals surface area contributed by atoms with E-state index in [0.29, 0.717) is 23.9 Å². The Morgan fingerprint density at radius 2 is 1.76 bits per heavy atom. The topological polar surface area (TPSA) is 35.2 Å². The van der Waals surface area contributed by atoms with Crippen LogP contribution < -0.4 is 5.73 Å². The quantitative estimate of drug-likeness (QED) is 0.838. The monoisotopic (exact) mass is 247 g/mol. The van der Waals surface area contributed by atoms with E-state index in [4.69, 9.17) is 22.1 Å². The maximum absolute atomic E-state index is 6.04. The van der Waals surface area contributed by atoms with Crippen molar-refractivity contribution in [2.45, 2.75) is 13.2 Å². The van der Waals surface area contributed by atoms with Gasteiger partial charge in [0.2, 0.25) is 0 Å². The Kier molecular flexibility index (Phi) is 4.02. The third kappa shape index (κ3) is 3.48. The molecule has 2 rings (SSSR count). The van der Waals surface area contributed by atoms with Crippen LogP contribution in [0.5, 0.6) is 0 Å². The summed E-state index contributed by atoms with van der Waals surface area (Å²) in [5.74, 6) is 0. The van der Waals surface area contributed by atoms with E-state index >= 15 is 0 Å². The Morgan fingerprint density at radius 3 is 2.53 bits per heavy atom. The first kappa shape index (κ1) is 12.0. The summed E-state index contributed by atoms with van der Waals surface area (Å²) in [5, 5.41) is 0.687. The van der Waals surface area contributed by atoms with Crippen LogP contribution in [-0.2, 0) is 18.0 Å². The van der Waals surface area contributed by atoms with Gasteiger partial charge in [0.15, 0.2) is 0 Å². The van der Waals surface area contributed by atoms with Crippen molar-refractivity contribution in [3.63, 3.8) is 0 Å². The highest BCUT2D eigenvalue weighted by Crippen LogP contribution is 2.20. The number of anilines is 1. The highest BCUT2D eigenvalue weighted by atomic mass is 35.5. The molecule has 0 fully saturated rings. The lowest BCUT2D eigenvalue weighted by Gasteiger charge is -2.07. The maximum Gasteiger partial charge on any atom is 0.0736 e. The molecule has 0 aliphatic heterocycles. The smallest absolute Gasteiger partial charge is 0.0736 e. The largest absolute Gasteiger partial charge is 0.399 e. The summed E-state index contributed by atoms with van der Waals surface area (Å²) in [6.45, 7) is 1.05. The molecule has 0 unspecified atom stereocenters. The minimum atomic E-state index is 0.471. The van der Waals surface area contributed by atoms with Gasteiger partial charge in [-0.3, -0.25) is 0 Å². The molecular formula is C14H14ClNO. The van der Waals surface area contributed by atoms with Crippen LogP contribution in [0.25, 0.3) is 0 Å². The number of nitrogens with two attached hydrogens (primary N) is 1. The highest BCUT2D eigenvalue weighted by molar-refractivity contribution is 6.31. The van der Waals surface area contributed by atoms with Crippen LogP contribution in [0.15, 0.2) is 48.5 Å². The van der Waals surface area contributed by atoms with E-state index in [9.17, 15) is 0 Å². The number of rotatable bonds is 4. The van der Waals surface area contributed by atoms with Gasteiger partial charge < -0.3 is 10.5 Å². The molecule has 0 aliphatic rings. The van der Waals surface area contributed by atoms with E-state index in [1.165, 1.54) is 0 Å². The second-order valence-corrected chi connectivity index (χ2v) is 4.24. The molecule has 0 heterocycles. The van der Waals surface area contributed by atoms with Gasteiger partial charge in [-0.1, -0.05) is 41.9 Å². The number of halogens is 1. The zero-order chi connectivity index (χ0) is 12.1. The summed E-state index contributed by atoms with van der Waals surface area (Å²) in [4.78, 5) is 0. The fourth-order valence-corrected chi connectivity index (χ4v) is 1.73. The number of hydrogen-bond donors (Lipinski definition) is 1. The molecule has 0 bridgehead atoms. The first-order chi connectivity index (χ1) is 8.25. The first-order valence-corrected chi connectivity index (χ1v) is 5.79. The third-order valence-electron chi connectivity index (χ3n) is 2.44. The standard InChI is InChI=1S/C14H14ClNO/c15-14-7-6-13(16)8-12(14)10-17-9-11-4-2-1-3-5-11/h1-8H,9-10,16H2. The van der Waals surface area contributed by atoms with Crippen LogP contribution in [0.1, 0.15) is 11.1 Å². The molecule has 0 atom stereocenters. The Labute approximate surface area is 106 Å². The maximum atomic E-state index is 6.04. The molecule has 0 amide bonds. The van der Waals surface area contributed by atoms with Crippen molar-refractivity contribution in [2.24, 2.45) is 0 Å². The van der Waals surface area contributed by atoms with Crippen molar-refractivity contribution in [2.75, 3.05) is 5.73 Å². The van der Waals surface area contributed by atoms with Crippen molar-refractivity contribution in [3.05, 3.63) is 64.7 Å². The Balaban J connectivity index is 1.92. The number of hydrogen-bond acceptors (Lipinski definition) is 2. The Bertz CT molecular complexity index is 485. The summed E-state index contributed by atoms with van der Waals surface area (Å²) in [7, 11) is 0. The fraction of sp³-hybridized carbons (Fsp3) is 0.143. The van der Waals surface area contributed by atoms with Gasteiger partial charge in [0, 0.05) is 10.7 Å². The predicted molar refractivity (Wildman–Crippen MR) is 70.8 cm³/mol. The van der Waals surface area contributed by atoms with Crippen LogP contribution in [-0.4, -0.2) is 0 Å². The second kappa shape index (κ2) is 5.71. The normalized spacial score (nSPS) is 10.4. The van der Waals surface area contributed by atoms with Gasteiger partial charge in [-0.25, -0.2) is 0 Å². The lowest BCUT2D eigenvalue weighted by atomic mass is 10.2. The SMILES string of the molecule is Nc1ccc(Cl)c(COCc2ccccc2)c1. The summed E-state index contributed by atoms with van der Waals surface area (Å²) in [6.07, 6.45) is 0. The van der Waals surface area contributed by atoms with Crippen molar-refractivity contribution < 1.29 is 4.74 Å². The average Bonchev–Trinajstić information content (AvgIpc) is 2.35. The van der Waals surface area contributed by atoms with Crippen molar-refractivity contribution in [1.29, 1.82) is 0 Å². The van der Waals surface area contributed by atoms with Crippen molar-refractivity contribution in [1.82, 2.24) is 0 Å². The Hall–Kier alpha value is -1.51. The Morgan fingerprint density at radius 1 is 1.00 bits per heavy atom. The summed E-state index contributed by atoms with van der Waals surface area (Å²) < 4.78 is 5.60. The first-order valence-electron chi connectivity index (χ1n) is 5.41. The molecule has 0 saturated carbocycles. The summed E-state index contributed by atoms with van der Waals surface area (Å²) in [5.41, 5.74) is 8.46. The molecule has 3 heteroatoms. The van der Waals surface area contributed by atoms with Crippen LogP contribution in [0.4, 0.5) is 5.69 Å². The number of benzene rings is 2. The summed E-state index contributed by atoms with van der Waals surface area (Å²) >= 11 is 6.04. The van der Waals surface area contributed by atoms with Gasteiger partial charge in [0.1, 0.15) is 0 Å². The van der Waals surface area contributed by atoms with E-state index in [0.717, 1.165) is 11.1 Å².